The van der Waals surface area contributed by atoms with Crippen molar-refractivity contribution in [1.29, 1.82) is 0 Å². The van der Waals surface area contributed by atoms with E-state index in [1.54, 1.807) is 35.7 Å². The third-order valence-corrected chi connectivity index (χ3v) is 8.23. The van der Waals surface area contributed by atoms with Gasteiger partial charge in [-0.2, -0.15) is 4.31 Å². The summed E-state index contributed by atoms with van der Waals surface area (Å²) < 4.78 is 33.7. The average molecular weight is 430 g/mol. The molecule has 4 rings (SSSR count). The molecule has 1 atom stereocenters. The minimum Gasteiger partial charge on any atom is -0.497 e. The molecule has 2 aliphatic rings. The third-order valence-electron chi connectivity index (χ3n) is 6.35. The van der Waals surface area contributed by atoms with Crippen molar-refractivity contribution in [2.75, 3.05) is 33.3 Å². The number of methoxy groups -OCH3 is 1. The molecule has 1 aromatic heterocycles. The predicted octanol–water partition coefficient (Wildman–Crippen LogP) is 3.20. The number of benzene rings is 1. The molecule has 162 valence electrons. The van der Waals surface area contributed by atoms with Gasteiger partial charge in [-0.15, -0.1) is 0 Å². The van der Waals surface area contributed by atoms with Crippen molar-refractivity contribution >= 4 is 10.0 Å². The highest BCUT2D eigenvalue weighted by atomic mass is 32.2. The maximum Gasteiger partial charge on any atom is 0.243 e. The second-order valence-electron chi connectivity index (χ2n) is 8.36. The van der Waals surface area contributed by atoms with Gasteiger partial charge in [-0.3, -0.25) is 9.88 Å². The van der Waals surface area contributed by atoms with Crippen molar-refractivity contribution in [3.63, 3.8) is 0 Å². The molecule has 1 unspecified atom stereocenters. The Morgan fingerprint density at radius 1 is 1.03 bits per heavy atom. The van der Waals surface area contributed by atoms with Crippen LogP contribution in [0.25, 0.3) is 0 Å². The first kappa shape index (κ1) is 21.3. The van der Waals surface area contributed by atoms with E-state index < -0.39 is 10.0 Å². The maximum absolute atomic E-state index is 13.4. The van der Waals surface area contributed by atoms with Crippen LogP contribution in [-0.4, -0.2) is 61.9 Å². The van der Waals surface area contributed by atoms with Crippen molar-refractivity contribution < 1.29 is 13.2 Å². The molecule has 0 N–H and O–H groups in total. The molecular weight excluding hydrogens is 398 g/mol. The lowest BCUT2D eigenvalue weighted by Crippen LogP contribution is -2.38. The van der Waals surface area contributed by atoms with Crippen molar-refractivity contribution in [3.05, 3.63) is 54.4 Å². The summed E-state index contributed by atoms with van der Waals surface area (Å²) in [6, 6.07) is 13.2. The van der Waals surface area contributed by atoms with Crippen molar-refractivity contribution in [2.45, 2.75) is 43.0 Å². The molecule has 2 fully saturated rings. The van der Waals surface area contributed by atoms with Crippen molar-refractivity contribution in [3.8, 4) is 5.75 Å². The minimum absolute atomic E-state index is 0.219. The number of pyridine rings is 1. The molecule has 0 spiro atoms. The molecule has 2 heterocycles. The summed E-state index contributed by atoms with van der Waals surface area (Å²) in [7, 11) is -1.97. The molecule has 6 nitrogen and oxygen atoms in total. The van der Waals surface area contributed by atoms with Gasteiger partial charge in [0.05, 0.1) is 12.0 Å². The van der Waals surface area contributed by atoms with Gasteiger partial charge < -0.3 is 4.74 Å². The number of nitrogens with zero attached hydrogens (tertiary/aromatic N) is 3. The van der Waals surface area contributed by atoms with Gasteiger partial charge in [-0.25, -0.2) is 8.42 Å². The van der Waals surface area contributed by atoms with E-state index in [9.17, 15) is 8.42 Å². The van der Waals surface area contributed by atoms with Gasteiger partial charge in [0, 0.05) is 44.1 Å². The lowest BCUT2D eigenvalue weighted by atomic mass is 10.0. The Bertz CT molecular complexity index is 912. The number of hydrogen-bond donors (Lipinski definition) is 0. The Hall–Kier alpha value is -1.96. The van der Waals surface area contributed by atoms with Crippen molar-refractivity contribution in [1.82, 2.24) is 14.2 Å². The number of aromatic nitrogens is 1. The van der Waals surface area contributed by atoms with Crippen LogP contribution in [0.1, 0.15) is 31.4 Å². The van der Waals surface area contributed by atoms with E-state index in [0.717, 1.165) is 25.2 Å². The zero-order valence-corrected chi connectivity index (χ0v) is 18.4. The Morgan fingerprint density at radius 3 is 2.47 bits per heavy atom. The van der Waals surface area contributed by atoms with E-state index >= 15 is 0 Å². The molecule has 0 amide bonds. The van der Waals surface area contributed by atoms with Crippen LogP contribution in [0.3, 0.4) is 0 Å². The van der Waals surface area contributed by atoms with Crippen LogP contribution in [-0.2, 0) is 16.4 Å². The summed E-state index contributed by atoms with van der Waals surface area (Å²) in [6.45, 7) is 2.77. The average Bonchev–Trinajstić information content (AvgIpc) is 3.22. The molecule has 1 saturated carbocycles. The number of ether oxygens (including phenoxy) is 1. The van der Waals surface area contributed by atoms with Crippen LogP contribution < -0.4 is 4.74 Å². The van der Waals surface area contributed by atoms with Crippen LogP contribution in [0, 0.1) is 5.92 Å². The standard InChI is InChI=1S/C23H31N3O3S/c1-29-22-9-11-23(12-10-22)30(27,28)26-15-14-25(21-7-2-3-8-21)17-19(18-26)16-20-6-4-5-13-24-20/h4-6,9-13,19,21H,2-3,7-8,14-18H2,1H3. The molecule has 2 aromatic rings. The molecule has 7 heteroatoms. The fourth-order valence-corrected chi connectivity index (χ4v) is 6.27. The first-order valence-electron chi connectivity index (χ1n) is 10.8. The van der Waals surface area contributed by atoms with Crippen LogP contribution in [0.4, 0.5) is 0 Å². The first-order valence-corrected chi connectivity index (χ1v) is 12.3. The molecule has 1 aliphatic heterocycles. The number of hydrogen-bond acceptors (Lipinski definition) is 5. The first-order chi connectivity index (χ1) is 14.6. The molecule has 1 saturated heterocycles. The summed E-state index contributed by atoms with van der Waals surface area (Å²) in [6.07, 6.45) is 7.61. The van der Waals surface area contributed by atoms with Crippen LogP contribution in [0.2, 0.25) is 0 Å². The lowest BCUT2D eigenvalue weighted by molar-refractivity contribution is 0.187. The summed E-state index contributed by atoms with van der Waals surface area (Å²) in [5.74, 6) is 0.876. The van der Waals surface area contributed by atoms with Crippen LogP contribution in [0.5, 0.6) is 5.75 Å². The zero-order valence-electron chi connectivity index (χ0n) is 17.6. The van der Waals surface area contributed by atoms with Gasteiger partial charge in [0.25, 0.3) is 0 Å². The van der Waals surface area contributed by atoms with Gasteiger partial charge in [0.15, 0.2) is 0 Å². The molecule has 30 heavy (non-hydrogen) atoms. The lowest BCUT2D eigenvalue weighted by Gasteiger charge is -2.29. The van der Waals surface area contributed by atoms with Crippen LogP contribution >= 0.6 is 0 Å². The topological polar surface area (TPSA) is 62.7 Å². The minimum atomic E-state index is -3.55. The highest BCUT2D eigenvalue weighted by Crippen LogP contribution is 2.28. The van der Waals surface area contributed by atoms with E-state index in [0.29, 0.717) is 29.8 Å². The highest BCUT2D eigenvalue weighted by molar-refractivity contribution is 7.89. The quantitative estimate of drug-likeness (QED) is 0.706. The summed E-state index contributed by atoms with van der Waals surface area (Å²) in [4.78, 5) is 7.35. The molecule has 1 aromatic carbocycles. The smallest absolute Gasteiger partial charge is 0.243 e. The second kappa shape index (κ2) is 9.45. The Morgan fingerprint density at radius 2 is 1.80 bits per heavy atom. The van der Waals surface area contributed by atoms with Gasteiger partial charge in [-0.1, -0.05) is 18.9 Å². The van der Waals surface area contributed by atoms with Gasteiger partial charge in [0.1, 0.15) is 5.75 Å². The summed E-state index contributed by atoms with van der Waals surface area (Å²) in [5.41, 5.74) is 1.03. The van der Waals surface area contributed by atoms with Crippen molar-refractivity contribution in [2.24, 2.45) is 5.92 Å². The number of sulfonamides is 1. The van der Waals surface area contributed by atoms with Crippen LogP contribution in [0.15, 0.2) is 53.6 Å². The van der Waals surface area contributed by atoms with Gasteiger partial charge >= 0.3 is 0 Å². The number of rotatable bonds is 6. The highest BCUT2D eigenvalue weighted by Gasteiger charge is 2.34. The zero-order chi connectivity index (χ0) is 21.0. The van der Waals surface area contributed by atoms with Gasteiger partial charge in [0.2, 0.25) is 10.0 Å². The van der Waals surface area contributed by atoms with E-state index in [1.165, 1.54) is 25.7 Å². The molecule has 1 aliphatic carbocycles. The van der Waals surface area contributed by atoms with E-state index in [-0.39, 0.29) is 5.92 Å². The normalized spacial score (nSPS) is 22.1. The molecule has 0 bridgehead atoms. The summed E-state index contributed by atoms with van der Waals surface area (Å²) in [5, 5.41) is 0. The van der Waals surface area contributed by atoms with E-state index in [1.807, 2.05) is 24.4 Å². The van der Waals surface area contributed by atoms with E-state index in [4.69, 9.17) is 4.74 Å². The Labute approximate surface area is 179 Å². The van der Waals surface area contributed by atoms with E-state index in [2.05, 4.69) is 9.88 Å². The maximum atomic E-state index is 13.4. The predicted molar refractivity (Wildman–Crippen MR) is 117 cm³/mol. The summed E-state index contributed by atoms with van der Waals surface area (Å²) >= 11 is 0. The Kier molecular flexibility index (Phi) is 6.71. The Balaban J connectivity index is 1.57. The van der Waals surface area contributed by atoms with Gasteiger partial charge in [-0.05, 0) is 61.6 Å². The fourth-order valence-electron chi connectivity index (χ4n) is 4.76. The third kappa shape index (κ3) is 4.85. The fraction of sp³-hybridized carbons (Fsp3) is 0.522. The molecule has 0 radical (unpaired) electrons. The molecular formula is C23H31N3O3S. The monoisotopic (exact) mass is 429 g/mol. The largest absolute Gasteiger partial charge is 0.497 e. The second-order valence-corrected chi connectivity index (χ2v) is 10.3. The SMILES string of the molecule is COc1ccc(S(=O)(=O)N2CCN(C3CCCC3)CC(Cc3ccccn3)C2)cc1.